The molecule has 6 heteroatoms. The molecule has 0 fully saturated rings. The van der Waals surface area contributed by atoms with Gasteiger partial charge < -0.3 is 14.8 Å². The Balaban J connectivity index is 2.69. The molecule has 0 saturated heterocycles. The summed E-state index contributed by atoms with van der Waals surface area (Å²) < 4.78 is 10.6. The number of nitrogens with one attached hydrogen (secondary N) is 1. The largest absolute Gasteiger partial charge is 0.463 e. The summed E-state index contributed by atoms with van der Waals surface area (Å²) >= 11 is 1.58. The summed E-state index contributed by atoms with van der Waals surface area (Å²) in [7, 11) is 0. The molecule has 0 bridgehead atoms. The minimum atomic E-state index is -0.530. The summed E-state index contributed by atoms with van der Waals surface area (Å²) in [6.07, 6.45) is 1.97. The van der Waals surface area contributed by atoms with Crippen LogP contribution in [-0.2, 0) is 19.1 Å². The van der Waals surface area contributed by atoms with Gasteiger partial charge in [-0.05, 0) is 45.6 Å². The maximum atomic E-state index is 12.7. The summed E-state index contributed by atoms with van der Waals surface area (Å²) in [5.74, 6) is -1.38. The summed E-state index contributed by atoms with van der Waals surface area (Å²) in [4.78, 5) is 26.4. The highest BCUT2D eigenvalue weighted by atomic mass is 32.2. The number of carbonyl (C=O) groups is 2. The Morgan fingerprint density at radius 3 is 1.96 bits per heavy atom. The highest BCUT2D eigenvalue weighted by Crippen LogP contribution is 2.42. The van der Waals surface area contributed by atoms with Crippen LogP contribution in [0.5, 0.6) is 0 Å². The number of ether oxygens (including phenoxy) is 2. The smallest absolute Gasteiger partial charge is 0.336 e. The maximum absolute atomic E-state index is 12.7. The minimum absolute atomic E-state index is 0.268. The van der Waals surface area contributed by atoms with Gasteiger partial charge in [-0.1, -0.05) is 18.2 Å². The number of dihydropyridines is 1. The first-order valence-corrected chi connectivity index (χ1v) is 9.84. The van der Waals surface area contributed by atoms with E-state index in [-0.39, 0.29) is 13.2 Å². The SMILES string of the molecule is CCOC(=O)C1=C(C)NC(C)=C(C(=O)OCC)C1c1ccccc1SC. The van der Waals surface area contributed by atoms with E-state index in [0.717, 1.165) is 10.5 Å². The lowest BCUT2D eigenvalue weighted by Crippen LogP contribution is -2.32. The second-order valence-electron chi connectivity index (χ2n) is 5.82. The fraction of sp³-hybridized carbons (Fsp3) is 0.400. The van der Waals surface area contributed by atoms with Crippen molar-refractivity contribution in [3.8, 4) is 0 Å². The van der Waals surface area contributed by atoms with Crippen molar-refractivity contribution in [2.24, 2.45) is 0 Å². The van der Waals surface area contributed by atoms with Crippen LogP contribution in [0.1, 0.15) is 39.2 Å². The number of allylic oxidation sites excluding steroid dienone is 2. The number of rotatable bonds is 6. The number of carbonyl (C=O) groups excluding carboxylic acids is 2. The van der Waals surface area contributed by atoms with E-state index < -0.39 is 17.9 Å². The fourth-order valence-corrected chi connectivity index (χ4v) is 3.81. The molecule has 0 unspecified atom stereocenters. The second kappa shape index (κ2) is 8.94. The Hall–Kier alpha value is -2.21. The molecule has 0 spiro atoms. The van der Waals surface area contributed by atoms with Crippen LogP contribution in [-0.4, -0.2) is 31.4 Å². The van der Waals surface area contributed by atoms with E-state index in [1.54, 1.807) is 25.6 Å². The Bertz CT molecular complexity index is 727. The average Bonchev–Trinajstić information content (AvgIpc) is 2.61. The predicted octanol–water partition coefficient (Wildman–Crippen LogP) is 3.77. The van der Waals surface area contributed by atoms with E-state index >= 15 is 0 Å². The lowest BCUT2D eigenvalue weighted by Gasteiger charge is -2.31. The molecule has 2 rings (SSSR count). The van der Waals surface area contributed by atoms with Gasteiger partial charge in [-0.15, -0.1) is 11.8 Å². The van der Waals surface area contributed by atoms with Crippen molar-refractivity contribution in [1.82, 2.24) is 5.32 Å². The zero-order valence-corrected chi connectivity index (χ0v) is 16.7. The van der Waals surface area contributed by atoms with Crippen LogP contribution in [0.25, 0.3) is 0 Å². The number of hydrogen-bond acceptors (Lipinski definition) is 6. The number of hydrogen-bond donors (Lipinski definition) is 1. The first-order chi connectivity index (χ1) is 12.5. The number of benzene rings is 1. The molecule has 0 atom stereocenters. The van der Waals surface area contributed by atoms with Gasteiger partial charge in [-0.25, -0.2) is 9.59 Å². The maximum Gasteiger partial charge on any atom is 0.336 e. The standard InChI is InChI=1S/C20H25NO4S/c1-6-24-19(22)16-12(3)21-13(4)17(20(23)25-7-2)18(16)14-10-8-9-11-15(14)26-5/h8-11,18,21H,6-7H2,1-5H3. The summed E-state index contributed by atoms with van der Waals surface area (Å²) in [5.41, 5.74) is 3.17. The van der Waals surface area contributed by atoms with Crippen molar-refractivity contribution >= 4 is 23.7 Å². The van der Waals surface area contributed by atoms with Crippen LogP contribution in [0.15, 0.2) is 51.7 Å². The van der Waals surface area contributed by atoms with Gasteiger partial charge in [0.25, 0.3) is 0 Å². The van der Waals surface area contributed by atoms with E-state index in [1.807, 2.05) is 44.4 Å². The second-order valence-corrected chi connectivity index (χ2v) is 6.67. The van der Waals surface area contributed by atoms with Gasteiger partial charge >= 0.3 is 11.9 Å². The molecule has 1 aliphatic heterocycles. The first-order valence-electron chi connectivity index (χ1n) is 8.61. The molecule has 0 saturated carbocycles. The number of esters is 2. The molecule has 1 aromatic rings. The van der Waals surface area contributed by atoms with Gasteiger partial charge in [0.1, 0.15) is 0 Å². The van der Waals surface area contributed by atoms with Gasteiger partial charge in [0, 0.05) is 16.3 Å². The lowest BCUT2D eigenvalue weighted by molar-refractivity contribution is -0.139. The van der Waals surface area contributed by atoms with E-state index in [9.17, 15) is 9.59 Å². The predicted molar refractivity (Wildman–Crippen MR) is 103 cm³/mol. The van der Waals surface area contributed by atoms with Crippen LogP contribution < -0.4 is 5.32 Å². The van der Waals surface area contributed by atoms with Crippen LogP contribution >= 0.6 is 11.8 Å². The van der Waals surface area contributed by atoms with Crippen LogP contribution in [0.3, 0.4) is 0 Å². The van der Waals surface area contributed by atoms with Gasteiger partial charge in [0.05, 0.1) is 30.3 Å². The minimum Gasteiger partial charge on any atom is -0.463 e. The van der Waals surface area contributed by atoms with E-state index in [1.165, 1.54) is 0 Å². The Kier molecular flexibility index (Phi) is 6.91. The van der Waals surface area contributed by atoms with Crippen LogP contribution in [0, 0.1) is 0 Å². The quantitative estimate of drug-likeness (QED) is 0.603. The third-order valence-electron chi connectivity index (χ3n) is 4.20. The van der Waals surface area contributed by atoms with Crippen molar-refractivity contribution in [3.63, 3.8) is 0 Å². The molecule has 1 aliphatic rings. The van der Waals surface area contributed by atoms with Gasteiger partial charge in [-0.3, -0.25) is 0 Å². The molecule has 0 radical (unpaired) electrons. The summed E-state index contributed by atoms with van der Waals surface area (Å²) in [5, 5.41) is 3.15. The molecular weight excluding hydrogens is 350 g/mol. The van der Waals surface area contributed by atoms with Gasteiger partial charge in [-0.2, -0.15) is 0 Å². The Labute approximate surface area is 158 Å². The third kappa shape index (κ3) is 3.96. The van der Waals surface area contributed by atoms with Crippen LogP contribution in [0.4, 0.5) is 0 Å². The van der Waals surface area contributed by atoms with Crippen molar-refractivity contribution in [3.05, 3.63) is 52.4 Å². The van der Waals surface area contributed by atoms with E-state index in [2.05, 4.69) is 5.32 Å². The van der Waals surface area contributed by atoms with E-state index in [0.29, 0.717) is 22.5 Å². The normalized spacial score (nSPS) is 15.0. The highest BCUT2D eigenvalue weighted by molar-refractivity contribution is 7.98. The number of thioether (sulfide) groups is 1. The lowest BCUT2D eigenvalue weighted by atomic mass is 9.80. The summed E-state index contributed by atoms with van der Waals surface area (Å²) in [6, 6.07) is 7.78. The topological polar surface area (TPSA) is 64.6 Å². The zero-order chi connectivity index (χ0) is 19.3. The van der Waals surface area contributed by atoms with Crippen molar-refractivity contribution in [1.29, 1.82) is 0 Å². The molecule has 5 nitrogen and oxygen atoms in total. The molecule has 0 aliphatic carbocycles. The van der Waals surface area contributed by atoms with Crippen molar-refractivity contribution < 1.29 is 19.1 Å². The van der Waals surface area contributed by atoms with E-state index in [4.69, 9.17) is 9.47 Å². The van der Waals surface area contributed by atoms with Gasteiger partial charge in [0.15, 0.2) is 0 Å². The molecule has 1 aromatic carbocycles. The van der Waals surface area contributed by atoms with Gasteiger partial charge in [0.2, 0.25) is 0 Å². The Morgan fingerprint density at radius 2 is 1.50 bits per heavy atom. The van der Waals surface area contributed by atoms with Crippen molar-refractivity contribution in [2.45, 2.75) is 38.5 Å². The highest BCUT2D eigenvalue weighted by Gasteiger charge is 2.38. The molecule has 26 heavy (non-hydrogen) atoms. The zero-order valence-electron chi connectivity index (χ0n) is 15.8. The molecular formula is C20H25NO4S. The first kappa shape index (κ1) is 20.1. The fourth-order valence-electron chi connectivity index (χ4n) is 3.17. The molecule has 0 aromatic heterocycles. The molecule has 1 N–H and O–H groups in total. The summed E-state index contributed by atoms with van der Waals surface area (Å²) in [6.45, 7) is 7.72. The molecule has 1 heterocycles. The third-order valence-corrected chi connectivity index (χ3v) is 5.01. The molecule has 140 valence electrons. The monoisotopic (exact) mass is 375 g/mol. The Morgan fingerprint density at radius 1 is 1.00 bits per heavy atom. The molecule has 0 amide bonds. The average molecular weight is 375 g/mol. The van der Waals surface area contributed by atoms with Crippen molar-refractivity contribution in [2.75, 3.05) is 19.5 Å². The van der Waals surface area contributed by atoms with Crippen LogP contribution in [0.2, 0.25) is 0 Å².